The van der Waals surface area contributed by atoms with Gasteiger partial charge in [-0.3, -0.25) is 0 Å². The fourth-order valence-electron chi connectivity index (χ4n) is 0.688. The van der Waals surface area contributed by atoms with Crippen molar-refractivity contribution in [2.24, 2.45) is 0 Å². The molecule has 2 heterocycles. The molecule has 0 radical (unpaired) electrons. The molecule has 0 saturated carbocycles. The molecular formula is C4H10N4. The first-order valence-corrected chi connectivity index (χ1v) is 2.75. The van der Waals surface area contributed by atoms with Crippen LogP contribution in [0.2, 0.25) is 0 Å². The van der Waals surface area contributed by atoms with E-state index in [1.807, 2.05) is 0 Å². The van der Waals surface area contributed by atoms with Crippen LogP contribution >= 0.6 is 0 Å². The second kappa shape index (κ2) is 0.930. The normalized spacial score (nSPS) is 36.8. The Morgan fingerprint density at radius 1 is 0.750 bits per heavy atom. The van der Waals surface area contributed by atoms with Crippen molar-refractivity contribution in [1.29, 1.82) is 0 Å². The van der Waals surface area contributed by atoms with Gasteiger partial charge < -0.3 is 0 Å². The van der Waals surface area contributed by atoms with E-state index in [2.05, 4.69) is 35.6 Å². The van der Waals surface area contributed by atoms with E-state index >= 15 is 0 Å². The molecule has 2 rings (SSSR count). The van der Waals surface area contributed by atoms with Gasteiger partial charge >= 0.3 is 0 Å². The van der Waals surface area contributed by atoms with E-state index in [1.54, 1.807) is 0 Å². The first kappa shape index (κ1) is 4.69. The molecule has 0 atom stereocenters. The summed E-state index contributed by atoms with van der Waals surface area (Å²) in [4.78, 5) is 0. The van der Waals surface area contributed by atoms with Crippen molar-refractivity contribution < 1.29 is 0 Å². The molecule has 2 saturated heterocycles. The summed E-state index contributed by atoms with van der Waals surface area (Å²) in [6, 6.07) is 0. The summed E-state index contributed by atoms with van der Waals surface area (Å²) in [7, 11) is 0. The summed E-state index contributed by atoms with van der Waals surface area (Å²) in [6.07, 6.45) is 0. The molecular weight excluding hydrogens is 104 g/mol. The Morgan fingerprint density at radius 3 is 1.12 bits per heavy atom. The molecule has 8 heavy (non-hydrogen) atoms. The minimum absolute atomic E-state index is 0.0764. The zero-order chi connectivity index (χ0) is 5.83. The van der Waals surface area contributed by atoms with Crippen LogP contribution in [0.4, 0.5) is 0 Å². The van der Waals surface area contributed by atoms with Gasteiger partial charge in [0.15, 0.2) is 0 Å². The largest absolute Gasteiger partial charge is 0.232 e. The number of rotatable bonds is 1. The quantitative estimate of drug-likeness (QED) is 0.317. The molecule has 46 valence electrons. The van der Waals surface area contributed by atoms with E-state index in [9.17, 15) is 0 Å². The average molecular weight is 114 g/mol. The molecule has 4 nitrogen and oxygen atoms in total. The zero-order valence-corrected chi connectivity index (χ0v) is 5.00. The summed E-state index contributed by atoms with van der Waals surface area (Å²) in [5.74, 6) is 0. The van der Waals surface area contributed by atoms with Crippen molar-refractivity contribution in [3.63, 3.8) is 0 Å². The van der Waals surface area contributed by atoms with Crippen LogP contribution in [-0.4, -0.2) is 11.3 Å². The van der Waals surface area contributed by atoms with E-state index in [0.29, 0.717) is 0 Å². The highest BCUT2D eigenvalue weighted by molar-refractivity contribution is 5.14. The maximum atomic E-state index is 3.04. The van der Waals surface area contributed by atoms with Gasteiger partial charge in [-0.1, -0.05) is 0 Å². The third-order valence-corrected chi connectivity index (χ3v) is 2.00. The first-order valence-electron chi connectivity index (χ1n) is 2.75. The van der Waals surface area contributed by atoms with Gasteiger partial charge in [0, 0.05) is 0 Å². The van der Waals surface area contributed by atoms with Gasteiger partial charge in [-0.25, -0.2) is 21.7 Å². The maximum Gasteiger partial charge on any atom is 0.125 e. The number of hydrogen-bond acceptors (Lipinski definition) is 4. The van der Waals surface area contributed by atoms with E-state index in [-0.39, 0.29) is 11.3 Å². The van der Waals surface area contributed by atoms with Crippen LogP contribution < -0.4 is 21.7 Å². The summed E-state index contributed by atoms with van der Waals surface area (Å²) in [6.45, 7) is 4.19. The predicted octanol–water partition coefficient (Wildman–Crippen LogP) is -1.37. The van der Waals surface area contributed by atoms with E-state index in [1.165, 1.54) is 0 Å². The standard InChI is InChI=1S/C4H10N4/c1-3(5-6-3)4(2)7-8-4/h5-8H,1-2H3. The lowest BCUT2D eigenvalue weighted by Gasteiger charge is -2.07. The predicted molar refractivity (Wildman–Crippen MR) is 29.4 cm³/mol. The fourth-order valence-corrected chi connectivity index (χ4v) is 0.688. The van der Waals surface area contributed by atoms with Crippen molar-refractivity contribution in [3.05, 3.63) is 0 Å². The second-order valence-electron chi connectivity index (χ2n) is 2.75. The summed E-state index contributed by atoms with van der Waals surface area (Å²) in [5.41, 5.74) is 12.3. The minimum Gasteiger partial charge on any atom is -0.232 e. The molecule has 0 amide bonds. The van der Waals surface area contributed by atoms with Crippen LogP contribution in [0.15, 0.2) is 0 Å². The summed E-state index contributed by atoms with van der Waals surface area (Å²) in [5, 5.41) is 0. The highest BCUT2D eigenvalue weighted by Gasteiger charge is 2.60. The Hall–Kier alpha value is -0.160. The lowest BCUT2D eigenvalue weighted by atomic mass is 10.1. The Kier molecular flexibility index (Phi) is 0.546. The Labute approximate surface area is 48.0 Å². The average Bonchev–Trinajstić information content (AvgIpc) is 2.46. The fraction of sp³-hybridized carbons (Fsp3) is 1.00. The number of hydrazine groups is 2. The molecule has 0 bridgehead atoms. The third kappa shape index (κ3) is 0.385. The first-order chi connectivity index (χ1) is 3.66. The minimum atomic E-state index is 0.0764. The van der Waals surface area contributed by atoms with Crippen LogP contribution in [0.5, 0.6) is 0 Å². The van der Waals surface area contributed by atoms with Gasteiger partial charge in [0.05, 0.1) is 0 Å². The van der Waals surface area contributed by atoms with Crippen LogP contribution in [0.1, 0.15) is 13.8 Å². The smallest absolute Gasteiger partial charge is 0.125 e. The van der Waals surface area contributed by atoms with Gasteiger partial charge in [0.25, 0.3) is 0 Å². The molecule has 0 unspecified atom stereocenters. The molecule has 4 N–H and O–H groups in total. The lowest BCUT2D eigenvalue weighted by molar-refractivity contribution is 0.490. The van der Waals surface area contributed by atoms with E-state index < -0.39 is 0 Å². The molecule has 4 heteroatoms. The van der Waals surface area contributed by atoms with Gasteiger partial charge in [-0.05, 0) is 13.8 Å². The van der Waals surface area contributed by atoms with Crippen LogP contribution in [0, 0.1) is 0 Å². The van der Waals surface area contributed by atoms with Crippen LogP contribution in [-0.2, 0) is 0 Å². The highest BCUT2D eigenvalue weighted by Crippen LogP contribution is 2.28. The van der Waals surface area contributed by atoms with E-state index in [0.717, 1.165) is 0 Å². The SMILES string of the molecule is CC1(C2(C)NN2)NN1. The summed E-state index contributed by atoms with van der Waals surface area (Å²) >= 11 is 0. The molecule has 2 aliphatic rings. The zero-order valence-electron chi connectivity index (χ0n) is 5.00. The number of hydrogen-bond donors (Lipinski definition) is 4. The molecule has 0 spiro atoms. The van der Waals surface area contributed by atoms with Gasteiger partial charge in [0.1, 0.15) is 11.3 Å². The molecule has 2 aliphatic heterocycles. The van der Waals surface area contributed by atoms with Crippen LogP contribution in [0.25, 0.3) is 0 Å². The van der Waals surface area contributed by atoms with E-state index in [4.69, 9.17) is 0 Å². The van der Waals surface area contributed by atoms with Gasteiger partial charge in [-0.2, -0.15) is 0 Å². The molecule has 2 fully saturated rings. The summed E-state index contributed by atoms with van der Waals surface area (Å²) < 4.78 is 0. The van der Waals surface area contributed by atoms with Crippen molar-refractivity contribution in [3.8, 4) is 0 Å². The third-order valence-electron chi connectivity index (χ3n) is 2.00. The van der Waals surface area contributed by atoms with Gasteiger partial charge in [-0.15, -0.1) is 0 Å². The molecule has 0 aliphatic carbocycles. The molecule has 0 aromatic heterocycles. The van der Waals surface area contributed by atoms with Crippen molar-refractivity contribution in [1.82, 2.24) is 21.7 Å². The van der Waals surface area contributed by atoms with Crippen LogP contribution in [0.3, 0.4) is 0 Å². The topological polar surface area (TPSA) is 87.8 Å². The van der Waals surface area contributed by atoms with Crippen molar-refractivity contribution in [2.45, 2.75) is 25.2 Å². The molecule has 0 aromatic rings. The highest BCUT2D eigenvalue weighted by atomic mass is 15.8. The number of nitrogens with one attached hydrogen (secondary N) is 4. The Balaban J connectivity index is 2.15. The monoisotopic (exact) mass is 114 g/mol. The lowest BCUT2D eigenvalue weighted by Crippen LogP contribution is -2.36. The Morgan fingerprint density at radius 2 is 1.00 bits per heavy atom. The second-order valence-corrected chi connectivity index (χ2v) is 2.75. The van der Waals surface area contributed by atoms with Crippen molar-refractivity contribution >= 4 is 0 Å². The van der Waals surface area contributed by atoms with Gasteiger partial charge in [0.2, 0.25) is 0 Å². The maximum absolute atomic E-state index is 3.04. The Bertz CT molecular complexity index is 108. The van der Waals surface area contributed by atoms with Crippen molar-refractivity contribution in [2.75, 3.05) is 0 Å². The molecule has 0 aromatic carbocycles.